The van der Waals surface area contributed by atoms with Gasteiger partial charge in [-0.05, 0) is 66.3 Å². The lowest BCUT2D eigenvalue weighted by Crippen LogP contribution is -2.16. The Morgan fingerprint density at radius 3 is 1.84 bits per heavy atom. The minimum absolute atomic E-state index is 0.194. The lowest BCUT2D eigenvalue weighted by atomic mass is 9.77. The molecule has 1 aliphatic carbocycles. The van der Waals surface area contributed by atoms with Gasteiger partial charge in [-0.15, -0.1) is 13.2 Å². The van der Waals surface area contributed by atoms with Crippen LogP contribution in [0.25, 0.3) is 11.1 Å². The lowest BCUT2D eigenvalue weighted by Gasteiger charge is -2.28. The van der Waals surface area contributed by atoms with Crippen LogP contribution in [0, 0.1) is 5.92 Å². The highest BCUT2D eigenvalue weighted by Gasteiger charge is 2.31. The van der Waals surface area contributed by atoms with Gasteiger partial charge in [0.2, 0.25) is 0 Å². The Balaban J connectivity index is 1.66. The van der Waals surface area contributed by atoms with Crippen molar-refractivity contribution in [3.63, 3.8) is 0 Å². The van der Waals surface area contributed by atoms with Crippen LogP contribution < -0.4 is 4.74 Å². The van der Waals surface area contributed by atoms with Crippen LogP contribution in [0.2, 0.25) is 0 Å². The van der Waals surface area contributed by atoms with Crippen LogP contribution in [-0.2, 0) is 0 Å². The standard InChI is InChI=1S/C21H23F3O/c1-2-15-3-5-16(6-4-15)17-7-9-18(10-8-17)19-11-13-20(14-12-19)25-21(22,23)24/h7-16H,2-6H2,1H3. The Hall–Kier alpha value is -1.97. The van der Waals surface area contributed by atoms with Gasteiger partial charge in [0.15, 0.2) is 0 Å². The number of rotatable bonds is 4. The Bertz CT molecular complexity index is 666. The molecule has 0 unspecified atom stereocenters. The molecule has 0 amide bonds. The molecular weight excluding hydrogens is 325 g/mol. The van der Waals surface area contributed by atoms with Gasteiger partial charge < -0.3 is 4.74 Å². The summed E-state index contributed by atoms with van der Waals surface area (Å²) in [5.41, 5.74) is 3.26. The Kier molecular flexibility index (Phi) is 5.36. The molecule has 0 saturated heterocycles. The van der Waals surface area contributed by atoms with Gasteiger partial charge in [0.05, 0.1) is 0 Å². The van der Waals surface area contributed by atoms with E-state index in [9.17, 15) is 13.2 Å². The van der Waals surface area contributed by atoms with Crippen LogP contribution in [0.5, 0.6) is 5.75 Å². The number of benzene rings is 2. The van der Waals surface area contributed by atoms with Gasteiger partial charge in [-0.3, -0.25) is 0 Å². The fraction of sp³-hybridized carbons (Fsp3) is 0.429. The zero-order valence-corrected chi connectivity index (χ0v) is 14.4. The first kappa shape index (κ1) is 17.8. The predicted molar refractivity (Wildman–Crippen MR) is 93.6 cm³/mol. The summed E-state index contributed by atoms with van der Waals surface area (Å²) >= 11 is 0. The fourth-order valence-electron chi connectivity index (χ4n) is 3.70. The highest BCUT2D eigenvalue weighted by atomic mass is 19.4. The second kappa shape index (κ2) is 7.51. The number of hydrogen-bond acceptors (Lipinski definition) is 1. The van der Waals surface area contributed by atoms with E-state index in [2.05, 4.69) is 35.9 Å². The fourth-order valence-corrected chi connectivity index (χ4v) is 3.70. The van der Waals surface area contributed by atoms with Crippen molar-refractivity contribution in [2.75, 3.05) is 0 Å². The van der Waals surface area contributed by atoms with Crippen molar-refractivity contribution >= 4 is 0 Å². The summed E-state index contributed by atoms with van der Waals surface area (Å²) in [6.45, 7) is 2.27. The molecule has 0 N–H and O–H groups in total. The maximum atomic E-state index is 12.2. The van der Waals surface area contributed by atoms with Gasteiger partial charge in [-0.25, -0.2) is 0 Å². The number of halogens is 3. The molecule has 0 radical (unpaired) electrons. The summed E-state index contributed by atoms with van der Waals surface area (Å²) in [6, 6.07) is 14.4. The molecule has 2 aromatic rings. The summed E-state index contributed by atoms with van der Waals surface area (Å²) in [4.78, 5) is 0. The van der Waals surface area contributed by atoms with Crippen LogP contribution in [0.4, 0.5) is 13.2 Å². The zero-order valence-electron chi connectivity index (χ0n) is 14.4. The summed E-state index contributed by atoms with van der Waals surface area (Å²) in [5, 5.41) is 0. The smallest absolute Gasteiger partial charge is 0.406 e. The molecule has 0 aliphatic heterocycles. The molecule has 25 heavy (non-hydrogen) atoms. The van der Waals surface area contributed by atoms with Crippen LogP contribution >= 0.6 is 0 Å². The van der Waals surface area contributed by atoms with Gasteiger partial charge in [-0.1, -0.05) is 49.7 Å². The van der Waals surface area contributed by atoms with Crippen molar-refractivity contribution in [3.8, 4) is 16.9 Å². The second-order valence-electron chi connectivity index (χ2n) is 6.82. The third-order valence-corrected chi connectivity index (χ3v) is 5.23. The highest BCUT2D eigenvalue weighted by molar-refractivity contribution is 5.64. The minimum atomic E-state index is -4.65. The van der Waals surface area contributed by atoms with E-state index in [-0.39, 0.29) is 5.75 Å². The van der Waals surface area contributed by atoms with E-state index in [0.29, 0.717) is 5.92 Å². The molecule has 0 heterocycles. The molecule has 0 aromatic heterocycles. The molecule has 4 heteroatoms. The monoisotopic (exact) mass is 348 g/mol. The minimum Gasteiger partial charge on any atom is -0.406 e. The van der Waals surface area contributed by atoms with Crippen LogP contribution in [0.15, 0.2) is 48.5 Å². The zero-order chi connectivity index (χ0) is 17.9. The van der Waals surface area contributed by atoms with Gasteiger partial charge in [0.1, 0.15) is 5.75 Å². The molecule has 3 rings (SSSR count). The van der Waals surface area contributed by atoms with Crippen molar-refractivity contribution in [2.45, 2.75) is 51.3 Å². The highest BCUT2D eigenvalue weighted by Crippen LogP contribution is 2.37. The first-order chi connectivity index (χ1) is 11.9. The molecule has 1 fully saturated rings. The largest absolute Gasteiger partial charge is 0.573 e. The van der Waals surface area contributed by atoms with E-state index in [1.165, 1.54) is 49.8 Å². The van der Waals surface area contributed by atoms with Gasteiger partial charge in [0, 0.05) is 0 Å². The molecule has 1 aliphatic rings. The van der Waals surface area contributed by atoms with Gasteiger partial charge in [-0.2, -0.15) is 0 Å². The molecule has 0 bridgehead atoms. The van der Waals surface area contributed by atoms with Crippen LogP contribution in [-0.4, -0.2) is 6.36 Å². The summed E-state index contributed by atoms with van der Waals surface area (Å²) < 4.78 is 40.5. The van der Waals surface area contributed by atoms with E-state index in [1.807, 2.05) is 0 Å². The van der Waals surface area contributed by atoms with E-state index >= 15 is 0 Å². The Morgan fingerprint density at radius 1 is 0.840 bits per heavy atom. The van der Waals surface area contributed by atoms with Gasteiger partial charge >= 0.3 is 6.36 Å². The molecule has 1 nitrogen and oxygen atoms in total. The predicted octanol–water partition coefficient (Wildman–Crippen LogP) is 6.94. The van der Waals surface area contributed by atoms with Crippen molar-refractivity contribution in [3.05, 3.63) is 54.1 Å². The van der Waals surface area contributed by atoms with Crippen molar-refractivity contribution in [1.82, 2.24) is 0 Å². The number of alkyl halides is 3. The molecule has 0 atom stereocenters. The van der Waals surface area contributed by atoms with Crippen LogP contribution in [0.1, 0.15) is 50.5 Å². The quantitative estimate of drug-likeness (QED) is 0.582. The summed E-state index contributed by atoms with van der Waals surface area (Å²) in [7, 11) is 0. The normalized spacial score (nSPS) is 21.1. The Labute approximate surface area is 146 Å². The SMILES string of the molecule is CCC1CCC(c2ccc(-c3ccc(OC(F)(F)F)cc3)cc2)CC1. The first-order valence-electron chi connectivity index (χ1n) is 8.90. The van der Waals surface area contributed by atoms with Crippen LogP contribution in [0.3, 0.4) is 0 Å². The van der Waals surface area contributed by atoms with E-state index in [0.717, 1.165) is 17.0 Å². The number of hydrogen-bond donors (Lipinski definition) is 0. The van der Waals surface area contributed by atoms with Gasteiger partial charge in [0.25, 0.3) is 0 Å². The molecule has 1 saturated carbocycles. The molecule has 2 aromatic carbocycles. The molecular formula is C21H23F3O. The topological polar surface area (TPSA) is 9.23 Å². The van der Waals surface area contributed by atoms with Crippen molar-refractivity contribution in [1.29, 1.82) is 0 Å². The number of ether oxygens (including phenoxy) is 1. The van der Waals surface area contributed by atoms with Crippen molar-refractivity contribution < 1.29 is 17.9 Å². The molecule has 134 valence electrons. The summed E-state index contributed by atoms with van der Waals surface area (Å²) in [6.07, 6.45) is 1.75. The van der Waals surface area contributed by atoms with E-state index in [1.54, 1.807) is 12.1 Å². The maximum Gasteiger partial charge on any atom is 0.573 e. The third kappa shape index (κ3) is 4.77. The van der Waals surface area contributed by atoms with E-state index in [4.69, 9.17) is 0 Å². The van der Waals surface area contributed by atoms with E-state index < -0.39 is 6.36 Å². The third-order valence-electron chi connectivity index (χ3n) is 5.23. The summed E-state index contributed by atoms with van der Waals surface area (Å²) in [5.74, 6) is 1.33. The lowest BCUT2D eigenvalue weighted by molar-refractivity contribution is -0.274. The average molecular weight is 348 g/mol. The second-order valence-corrected chi connectivity index (χ2v) is 6.82. The average Bonchev–Trinajstić information content (AvgIpc) is 2.61. The first-order valence-corrected chi connectivity index (χ1v) is 8.90. The Morgan fingerprint density at radius 2 is 1.36 bits per heavy atom. The molecule has 0 spiro atoms. The maximum absolute atomic E-state index is 12.2. The van der Waals surface area contributed by atoms with Crippen molar-refractivity contribution in [2.24, 2.45) is 5.92 Å².